The number of benzene rings is 2. The minimum Gasteiger partial charge on any atom is -0.465 e. The SMILES string of the molecule is COC(=O)c1ccc(C)c(NC(=O)CSc2nnc(Nc3ccccc3)s2)c1. The Balaban J connectivity index is 1.56. The molecule has 0 unspecified atom stereocenters. The van der Waals surface area contributed by atoms with E-state index < -0.39 is 5.97 Å². The number of para-hydroxylation sites is 1. The number of nitrogens with zero attached hydrogens (tertiary/aromatic N) is 2. The molecule has 0 spiro atoms. The highest BCUT2D eigenvalue weighted by atomic mass is 32.2. The van der Waals surface area contributed by atoms with Crippen LogP contribution in [0.25, 0.3) is 0 Å². The third-order valence-corrected chi connectivity index (χ3v) is 5.66. The number of rotatable bonds is 7. The van der Waals surface area contributed by atoms with Crippen molar-refractivity contribution in [2.75, 3.05) is 23.5 Å². The smallest absolute Gasteiger partial charge is 0.337 e. The molecule has 2 aromatic carbocycles. The maximum Gasteiger partial charge on any atom is 0.337 e. The van der Waals surface area contributed by atoms with Gasteiger partial charge in [0.15, 0.2) is 4.34 Å². The average molecular weight is 415 g/mol. The van der Waals surface area contributed by atoms with Gasteiger partial charge >= 0.3 is 5.97 Å². The van der Waals surface area contributed by atoms with Crippen molar-refractivity contribution in [1.82, 2.24) is 10.2 Å². The van der Waals surface area contributed by atoms with E-state index >= 15 is 0 Å². The highest BCUT2D eigenvalue weighted by Crippen LogP contribution is 2.28. The average Bonchev–Trinajstić information content (AvgIpc) is 3.15. The molecule has 0 saturated carbocycles. The summed E-state index contributed by atoms with van der Waals surface area (Å²) in [4.78, 5) is 23.9. The summed E-state index contributed by atoms with van der Waals surface area (Å²) in [6.07, 6.45) is 0. The number of nitrogens with one attached hydrogen (secondary N) is 2. The Morgan fingerprint density at radius 1 is 1.14 bits per heavy atom. The second kappa shape index (κ2) is 9.34. The van der Waals surface area contributed by atoms with Gasteiger partial charge in [-0.1, -0.05) is 47.4 Å². The number of aryl methyl sites for hydroxylation is 1. The van der Waals surface area contributed by atoms with Crippen molar-refractivity contribution in [2.45, 2.75) is 11.3 Å². The van der Waals surface area contributed by atoms with Crippen LogP contribution in [-0.2, 0) is 9.53 Å². The van der Waals surface area contributed by atoms with Crippen LogP contribution in [0, 0.1) is 6.92 Å². The first-order chi connectivity index (χ1) is 13.5. The molecule has 0 aliphatic rings. The number of carbonyl (C=O) groups is 2. The Labute approximate surface area is 170 Å². The Morgan fingerprint density at radius 3 is 2.68 bits per heavy atom. The predicted octanol–water partition coefficient (Wildman–Crippen LogP) is 4.11. The number of anilines is 3. The number of esters is 1. The molecule has 1 aromatic heterocycles. The molecule has 144 valence electrons. The highest BCUT2D eigenvalue weighted by Gasteiger charge is 2.12. The molecule has 9 heteroatoms. The summed E-state index contributed by atoms with van der Waals surface area (Å²) in [6.45, 7) is 1.86. The maximum absolute atomic E-state index is 12.3. The van der Waals surface area contributed by atoms with E-state index in [-0.39, 0.29) is 11.7 Å². The van der Waals surface area contributed by atoms with Gasteiger partial charge in [0, 0.05) is 11.4 Å². The number of ether oxygens (including phenoxy) is 1. The van der Waals surface area contributed by atoms with Crippen LogP contribution >= 0.6 is 23.1 Å². The van der Waals surface area contributed by atoms with Crippen LogP contribution in [-0.4, -0.2) is 34.9 Å². The Bertz CT molecular complexity index is 976. The molecule has 2 N–H and O–H groups in total. The molecule has 7 nitrogen and oxygen atoms in total. The van der Waals surface area contributed by atoms with Crippen LogP contribution < -0.4 is 10.6 Å². The van der Waals surface area contributed by atoms with E-state index in [0.29, 0.717) is 20.7 Å². The number of aromatic nitrogens is 2. The normalized spacial score (nSPS) is 10.4. The quantitative estimate of drug-likeness (QED) is 0.444. The predicted molar refractivity (Wildman–Crippen MR) is 112 cm³/mol. The number of methoxy groups -OCH3 is 1. The van der Waals surface area contributed by atoms with Crippen molar-refractivity contribution in [3.8, 4) is 0 Å². The van der Waals surface area contributed by atoms with Gasteiger partial charge in [-0.25, -0.2) is 4.79 Å². The number of hydrogen-bond acceptors (Lipinski definition) is 8. The van der Waals surface area contributed by atoms with Crippen molar-refractivity contribution in [2.24, 2.45) is 0 Å². The van der Waals surface area contributed by atoms with E-state index in [0.717, 1.165) is 11.3 Å². The molecule has 3 aromatic rings. The van der Waals surface area contributed by atoms with E-state index in [1.54, 1.807) is 18.2 Å². The first kappa shape index (κ1) is 19.8. The van der Waals surface area contributed by atoms with Gasteiger partial charge in [0.05, 0.1) is 18.4 Å². The van der Waals surface area contributed by atoms with Gasteiger partial charge in [0.1, 0.15) is 0 Å². The lowest BCUT2D eigenvalue weighted by atomic mass is 10.1. The third kappa shape index (κ3) is 5.30. The third-order valence-electron chi connectivity index (χ3n) is 3.69. The van der Waals surface area contributed by atoms with E-state index in [1.807, 2.05) is 37.3 Å². The molecular weight excluding hydrogens is 396 g/mol. The van der Waals surface area contributed by atoms with Crippen molar-refractivity contribution in [1.29, 1.82) is 0 Å². The van der Waals surface area contributed by atoms with Crippen molar-refractivity contribution < 1.29 is 14.3 Å². The first-order valence-electron chi connectivity index (χ1n) is 8.32. The van der Waals surface area contributed by atoms with E-state index in [9.17, 15) is 9.59 Å². The zero-order chi connectivity index (χ0) is 19.9. The molecule has 1 amide bonds. The molecule has 0 atom stereocenters. The van der Waals surface area contributed by atoms with Gasteiger partial charge < -0.3 is 15.4 Å². The molecule has 0 fully saturated rings. The van der Waals surface area contributed by atoms with Crippen LogP contribution in [0.2, 0.25) is 0 Å². The van der Waals surface area contributed by atoms with Gasteiger partial charge in [-0.15, -0.1) is 10.2 Å². The highest BCUT2D eigenvalue weighted by molar-refractivity contribution is 8.01. The Hall–Kier alpha value is -2.91. The zero-order valence-corrected chi connectivity index (χ0v) is 16.9. The topological polar surface area (TPSA) is 93.2 Å². The van der Waals surface area contributed by atoms with Crippen LogP contribution in [0.1, 0.15) is 15.9 Å². The lowest BCUT2D eigenvalue weighted by Crippen LogP contribution is -2.15. The van der Waals surface area contributed by atoms with Gasteiger partial charge in [-0.05, 0) is 36.8 Å². The second-order valence-electron chi connectivity index (χ2n) is 5.72. The van der Waals surface area contributed by atoms with Gasteiger partial charge in [0.2, 0.25) is 11.0 Å². The summed E-state index contributed by atoms with van der Waals surface area (Å²) in [5.41, 5.74) is 2.75. The fourth-order valence-corrected chi connectivity index (χ4v) is 3.85. The standard InChI is InChI=1S/C19H18N4O3S2/c1-12-8-9-13(17(25)26-2)10-15(12)21-16(24)11-27-19-23-22-18(28-19)20-14-6-4-3-5-7-14/h3-10H,11H2,1-2H3,(H,20,22)(H,21,24). The summed E-state index contributed by atoms with van der Waals surface area (Å²) in [5.74, 6) is -0.456. The Kier molecular flexibility index (Phi) is 6.62. The monoisotopic (exact) mass is 414 g/mol. The first-order valence-corrected chi connectivity index (χ1v) is 10.1. The Morgan fingerprint density at radius 2 is 1.93 bits per heavy atom. The summed E-state index contributed by atoms with van der Waals surface area (Å²) in [6, 6.07) is 14.7. The fraction of sp³-hybridized carbons (Fsp3) is 0.158. The van der Waals surface area contributed by atoms with E-state index in [4.69, 9.17) is 4.74 Å². The maximum atomic E-state index is 12.3. The van der Waals surface area contributed by atoms with E-state index in [2.05, 4.69) is 20.8 Å². The van der Waals surface area contributed by atoms with Gasteiger partial charge in [0.25, 0.3) is 0 Å². The van der Waals surface area contributed by atoms with E-state index in [1.165, 1.54) is 30.2 Å². The molecule has 0 radical (unpaired) electrons. The largest absolute Gasteiger partial charge is 0.465 e. The fourth-order valence-electron chi connectivity index (χ4n) is 2.28. The molecule has 0 saturated heterocycles. The van der Waals surface area contributed by atoms with Crippen LogP contribution in [0.15, 0.2) is 52.9 Å². The lowest BCUT2D eigenvalue weighted by molar-refractivity contribution is -0.113. The zero-order valence-electron chi connectivity index (χ0n) is 15.3. The van der Waals surface area contributed by atoms with Gasteiger partial charge in [-0.2, -0.15) is 0 Å². The molecular formula is C19H18N4O3S2. The molecule has 0 aliphatic carbocycles. The molecule has 1 heterocycles. The lowest BCUT2D eigenvalue weighted by Gasteiger charge is -2.09. The second-order valence-corrected chi connectivity index (χ2v) is 7.92. The van der Waals surface area contributed by atoms with Crippen molar-refractivity contribution in [3.63, 3.8) is 0 Å². The van der Waals surface area contributed by atoms with Crippen LogP contribution in [0.4, 0.5) is 16.5 Å². The number of amides is 1. The van der Waals surface area contributed by atoms with Crippen LogP contribution in [0.3, 0.4) is 0 Å². The van der Waals surface area contributed by atoms with Crippen molar-refractivity contribution in [3.05, 3.63) is 59.7 Å². The molecule has 0 bridgehead atoms. The molecule has 3 rings (SSSR count). The summed E-state index contributed by atoms with van der Waals surface area (Å²) >= 11 is 2.68. The van der Waals surface area contributed by atoms with Crippen LogP contribution in [0.5, 0.6) is 0 Å². The number of hydrogen-bond donors (Lipinski definition) is 2. The van der Waals surface area contributed by atoms with Gasteiger partial charge in [-0.3, -0.25) is 4.79 Å². The molecule has 28 heavy (non-hydrogen) atoms. The minimum absolute atomic E-state index is 0.182. The summed E-state index contributed by atoms with van der Waals surface area (Å²) < 4.78 is 5.40. The van der Waals surface area contributed by atoms with Crippen molar-refractivity contribution >= 4 is 51.5 Å². The number of carbonyl (C=O) groups excluding carboxylic acids is 2. The number of thioether (sulfide) groups is 1. The minimum atomic E-state index is -0.447. The summed E-state index contributed by atoms with van der Waals surface area (Å²) in [7, 11) is 1.32. The molecule has 0 aliphatic heterocycles. The summed E-state index contributed by atoms with van der Waals surface area (Å²) in [5, 5.41) is 14.8.